The lowest BCUT2D eigenvalue weighted by atomic mass is 10.3. The van der Waals surface area contributed by atoms with Crippen LogP contribution in [0.3, 0.4) is 0 Å². The first kappa shape index (κ1) is 15.3. The zero-order valence-corrected chi connectivity index (χ0v) is 12.0. The van der Waals surface area contributed by atoms with E-state index in [9.17, 15) is 8.42 Å². The van der Waals surface area contributed by atoms with Crippen molar-refractivity contribution in [1.29, 1.82) is 0 Å². The number of sulfonamides is 1. The first-order chi connectivity index (χ1) is 8.40. The number of rotatable bonds is 6. The number of hydrogen-bond acceptors (Lipinski definition) is 5. The molecular weight excluding hydrogens is 272 g/mol. The van der Waals surface area contributed by atoms with E-state index in [1.165, 1.54) is 13.1 Å². The molecule has 4 N–H and O–H groups in total. The van der Waals surface area contributed by atoms with E-state index < -0.39 is 10.0 Å². The van der Waals surface area contributed by atoms with E-state index in [2.05, 4.69) is 4.72 Å². The molecule has 0 fully saturated rings. The first-order valence-electron chi connectivity index (χ1n) is 5.51. The van der Waals surface area contributed by atoms with Gasteiger partial charge in [0.1, 0.15) is 4.90 Å². The molecule has 1 unspecified atom stereocenters. The Labute approximate surface area is 112 Å². The Balaban J connectivity index is 2.93. The van der Waals surface area contributed by atoms with Crippen LogP contribution in [0.1, 0.15) is 13.3 Å². The third-order valence-electron chi connectivity index (χ3n) is 2.41. The maximum Gasteiger partial charge on any atom is 0.242 e. The topological polar surface area (TPSA) is 92.4 Å². The van der Waals surface area contributed by atoms with E-state index in [4.69, 9.17) is 10.8 Å². The van der Waals surface area contributed by atoms with E-state index in [1.54, 1.807) is 23.9 Å². The van der Waals surface area contributed by atoms with Crippen LogP contribution < -0.4 is 10.5 Å². The minimum atomic E-state index is -3.51. The van der Waals surface area contributed by atoms with Crippen LogP contribution >= 0.6 is 11.8 Å². The van der Waals surface area contributed by atoms with Gasteiger partial charge in [0.25, 0.3) is 0 Å². The minimum Gasteiger partial charge on any atom is -0.398 e. The maximum absolute atomic E-state index is 11.6. The van der Waals surface area contributed by atoms with Crippen molar-refractivity contribution in [2.24, 2.45) is 0 Å². The van der Waals surface area contributed by atoms with E-state index in [0.717, 1.165) is 4.90 Å². The van der Waals surface area contributed by atoms with Crippen LogP contribution in [0.4, 0.5) is 5.69 Å². The van der Waals surface area contributed by atoms with Gasteiger partial charge in [0.2, 0.25) is 10.0 Å². The average Bonchev–Trinajstić information content (AvgIpc) is 2.29. The lowest BCUT2D eigenvalue weighted by Gasteiger charge is -2.11. The highest BCUT2D eigenvalue weighted by atomic mass is 32.2. The second kappa shape index (κ2) is 6.42. The number of anilines is 1. The van der Waals surface area contributed by atoms with Crippen molar-refractivity contribution >= 4 is 27.5 Å². The summed E-state index contributed by atoms with van der Waals surface area (Å²) >= 11 is 1.55. The van der Waals surface area contributed by atoms with Crippen LogP contribution in [0.15, 0.2) is 28.0 Å². The lowest BCUT2D eigenvalue weighted by Crippen LogP contribution is -2.19. The first-order valence-corrected chi connectivity index (χ1v) is 7.87. The van der Waals surface area contributed by atoms with Gasteiger partial charge in [-0.25, -0.2) is 13.1 Å². The summed E-state index contributed by atoms with van der Waals surface area (Å²) in [6.45, 7) is 2.13. The van der Waals surface area contributed by atoms with Gasteiger partial charge in [-0.2, -0.15) is 0 Å². The number of nitrogens with one attached hydrogen (secondary N) is 1. The Bertz CT molecular complexity index is 503. The van der Waals surface area contributed by atoms with Gasteiger partial charge in [0.15, 0.2) is 0 Å². The van der Waals surface area contributed by atoms with Crippen molar-refractivity contribution < 1.29 is 13.5 Å². The molecule has 0 aliphatic rings. The largest absolute Gasteiger partial charge is 0.398 e. The number of aliphatic hydroxyl groups excluding tert-OH is 1. The van der Waals surface area contributed by atoms with E-state index in [-0.39, 0.29) is 22.4 Å². The summed E-state index contributed by atoms with van der Waals surface area (Å²) in [7, 11) is -2.16. The van der Waals surface area contributed by atoms with Crippen LogP contribution in [0.5, 0.6) is 0 Å². The molecule has 0 saturated carbocycles. The van der Waals surface area contributed by atoms with Crippen molar-refractivity contribution in [1.82, 2.24) is 4.72 Å². The van der Waals surface area contributed by atoms with Gasteiger partial charge in [-0.1, -0.05) is 6.92 Å². The summed E-state index contributed by atoms with van der Waals surface area (Å²) in [5.41, 5.74) is 5.98. The van der Waals surface area contributed by atoms with Crippen LogP contribution in [0, 0.1) is 0 Å². The Morgan fingerprint density at radius 1 is 1.50 bits per heavy atom. The molecule has 1 aromatic carbocycles. The fourth-order valence-corrected chi connectivity index (χ4v) is 3.29. The third-order valence-corrected chi connectivity index (χ3v) is 5.06. The van der Waals surface area contributed by atoms with Gasteiger partial charge < -0.3 is 10.8 Å². The molecule has 0 saturated heterocycles. The molecule has 0 aliphatic carbocycles. The SMILES string of the molecule is CNS(=O)(=O)c1ccc(SC(C)CCO)cc1N. The van der Waals surface area contributed by atoms with Crippen molar-refractivity contribution in [3.8, 4) is 0 Å². The second-order valence-corrected chi connectivity index (χ2v) is 7.21. The van der Waals surface area contributed by atoms with Crippen LogP contribution in [-0.4, -0.2) is 32.4 Å². The van der Waals surface area contributed by atoms with Crippen LogP contribution in [-0.2, 0) is 10.0 Å². The van der Waals surface area contributed by atoms with Crippen LogP contribution in [0.25, 0.3) is 0 Å². The molecule has 1 rings (SSSR count). The van der Waals surface area contributed by atoms with E-state index >= 15 is 0 Å². The third kappa shape index (κ3) is 3.88. The standard InChI is InChI=1S/C11H18N2O3S2/c1-8(5-6-14)17-9-3-4-11(10(12)7-9)18(15,16)13-2/h3-4,7-8,13-14H,5-6,12H2,1-2H3. The summed E-state index contributed by atoms with van der Waals surface area (Å²) in [6.07, 6.45) is 0.682. The zero-order chi connectivity index (χ0) is 13.8. The highest BCUT2D eigenvalue weighted by Crippen LogP contribution is 2.29. The summed E-state index contributed by atoms with van der Waals surface area (Å²) in [5.74, 6) is 0. The average molecular weight is 290 g/mol. The molecule has 0 heterocycles. The Hall–Kier alpha value is -0.760. The molecule has 18 heavy (non-hydrogen) atoms. The maximum atomic E-state index is 11.6. The molecule has 102 valence electrons. The molecule has 0 bridgehead atoms. The predicted octanol–water partition coefficient (Wildman–Crippen LogP) is 1.04. The van der Waals surface area contributed by atoms with E-state index in [1.807, 2.05) is 6.92 Å². The summed E-state index contributed by atoms with van der Waals surface area (Å²) in [6, 6.07) is 4.86. The second-order valence-electron chi connectivity index (χ2n) is 3.85. The van der Waals surface area contributed by atoms with Crippen molar-refractivity contribution in [2.45, 2.75) is 28.4 Å². The Morgan fingerprint density at radius 2 is 2.17 bits per heavy atom. The van der Waals surface area contributed by atoms with Gasteiger partial charge in [0, 0.05) is 16.8 Å². The van der Waals surface area contributed by atoms with Crippen molar-refractivity contribution in [3.63, 3.8) is 0 Å². The number of benzene rings is 1. The molecule has 1 aromatic rings. The highest BCUT2D eigenvalue weighted by molar-refractivity contribution is 8.00. The normalized spacial score (nSPS) is 13.5. The van der Waals surface area contributed by atoms with Crippen LogP contribution in [0.2, 0.25) is 0 Å². The Kier molecular flexibility index (Phi) is 5.46. The molecule has 5 nitrogen and oxygen atoms in total. The smallest absolute Gasteiger partial charge is 0.242 e. The molecular formula is C11H18N2O3S2. The fraction of sp³-hybridized carbons (Fsp3) is 0.455. The van der Waals surface area contributed by atoms with Gasteiger partial charge >= 0.3 is 0 Å². The fourth-order valence-electron chi connectivity index (χ4n) is 1.43. The Morgan fingerprint density at radius 3 is 2.67 bits per heavy atom. The van der Waals surface area contributed by atoms with Crippen molar-refractivity contribution in [3.05, 3.63) is 18.2 Å². The molecule has 0 aliphatic heterocycles. The predicted molar refractivity (Wildman–Crippen MR) is 74.1 cm³/mol. The van der Waals surface area contributed by atoms with Gasteiger partial charge in [-0.05, 0) is 31.7 Å². The molecule has 0 radical (unpaired) electrons. The number of hydrogen-bond donors (Lipinski definition) is 3. The van der Waals surface area contributed by atoms with Gasteiger partial charge in [-0.15, -0.1) is 11.8 Å². The molecule has 0 spiro atoms. The minimum absolute atomic E-state index is 0.0872. The molecule has 0 amide bonds. The zero-order valence-electron chi connectivity index (χ0n) is 10.4. The van der Waals surface area contributed by atoms with Gasteiger partial charge in [0.05, 0.1) is 5.69 Å². The molecule has 0 aromatic heterocycles. The molecule has 7 heteroatoms. The summed E-state index contributed by atoms with van der Waals surface area (Å²) in [4.78, 5) is 0.979. The molecule has 1 atom stereocenters. The van der Waals surface area contributed by atoms with Gasteiger partial charge in [-0.3, -0.25) is 0 Å². The van der Waals surface area contributed by atoms with Crippen molar-refractivity contribution in [2.75, 3.05) is 19.4 Å². The monoisotopic (exact) mass is 290 g/mol. The quantitative estimate of drug-likeness (QED) is 0.538. The summed E-state index contributed by atoms with van der Waals surface area (Å²) < 4.78 is 25.5. The van der Waals surface area contributed by atoms with E-state index in [0.29, 0.717) is 6.42 Å². The number of aliphatic hydroxyl groups is 1. The highest BCUT2D eigenvalue weighted by Gasteiger charge is 2.15. The number of nitrogen functional groups attached to an aromatic ring is 1. The number of nitrogens with two attached hydrogens (primary N) is 1. The lowest BCUT2D eigenvalue weighted by molar-refractivity contribution is 0.289. The summed E-state index contributed by atoms with van der Waals surface area (Å²) in [5, 5.41) is 9.08. The number of thioether (sulfide) groups is 1.